The number of hydrogen-bond acceptors (Lipinski definition) is 3. The first-order valence-corrected chi connectivity index (χ1v) is 6.46. The molecule has 0 radical (unpaired) electrons. The quantitative estimate of drug-likeness (QED) is 0.685. The maximum Gasteiger partial charge on any atom is 0.303 e. The zero-order chi connectivity index (χ0) is 14.8. The van der Waals surface area contributed by atoms with E-state index in [1.54, 1.807) is 6.92 Å². The summed E-state index contributed by atoms with van der Waals surface area (Å²) in [6.07, 6.45) is 0.650. The van der Waals surface area contributed by atoms with Gasteiger partial charge in [0.1, 0.15) is 5.60 Å². The Balaban J connectivity index is 2.44. The Morgan fingerprint density at radius 2 is 1.95 bits per heavy atom. The second-order valence-electron chi connectivity index (χ2n) is 4.98. The van der Waals surface area contributed by atoms with Crippen LogP contribution in [0, 0.1) is 0 Å². The molecule has 0 saturated carbocycles. The lowest BCUT2D eigenvalue weighted by Crippen LogP contribution is -2.38. The minimum absolute atomic E-state index is 0.448. The van der Waals surface area contributed by atoms with E-state index in [0.29, 0.717) is 5.56 Å². The van der Waals surface area contributed by atoms with Gasteiger partial charge in [-0.1, -0.05) is 43.0 Å². The molecule has 0 unspecified atom stereocenters. The van der Waals surface area contributed by atoms with Crippen LogP contribution in [0.2, 0.25) is 0 Å². The monoisotopic (exact) mass is 270 g/mol. The lowest BCUT2D eigenvalue weighted by Gasteiger charge is -2.30. The topological polar surface area (TPSA) is 46.5 Å². The van der Waals surface area contributed by atoms with E-state index in [9.17, 15) is 9.90 Å². The smallest absolute Gasteiger partial charge is 0.303 e. The van der Waals surface area contributed by atoms with Gasteiger partial charge in [0.2, 0.25) is 0 Å². The zero-order valence-electron chi connectivity index (χ0n) is 11.7. The van der Waals surface area contributed by atoms with Gasteiger partial charge in [0.05, 0.1) is 0 Å². The lowest BCUT2D eigenvalue weighted by atomic mass is 9.88. The molecule has 0 aliphatic rings. The third-order valence-corrected chi connectivity index (χ3v) is 3.39. The normalized spacial score (nSPS) is 15.3. The third-order valence-electron chi connectivity index (χ3n) is 3.39. The van der Waals surface area contributed by atoms with E-state index in [1.165, 1.54) is 13.0 Å². The van der Waals surface area contributed by atoms with Crippen molar-refractivity contribution in [1.29, 1.82) is 0 Å². The Labute approximate surface area is 118 Å². The first-order valence-electron chi connectivity index (χ1n) is 6.46. The van der Waals surface area contributed by atoms with Crippen LogP contribution in [0.15, 0.2) is 55.1 Å². The van der Waals surface area contributed by atoms with E-state index in [2.05, 4.69) is 6.58 Å². The molecule has 2 rings (SSSR count). The van der Waals surface area contributed by atoms with Crippen molar-refractivity contribution in [2.45, 2.75) is 25.6 Å². The summed E-state index contributed by atoms with van der Waals surface area (Å²) in [4.78, 5) is 11.1. The Hall–Kier alpha value is -2.13. The molecule has 0 spiro atoms. The standard InChI is InChI=1S/C17H18O3/c1-4-16(20-12(2)18)17(3,19)15-10-9-13-7-5-6-8-14(13)11-15/h4-11,16,19H,1H2,2-3H3/t16-,17+/m0/s1. The summed E-state index contributed by atoms with van der Waals surface area (Å²) in [6, 6.07) is 13.6. The molecule has 20 heavy (non-hydrogen) atoms. The van der Waals surface area contributed by atoms with Crippen molar-refractivity contribution in [3.63, 3.8) is 0 Å². The van der Waals surface area contributed by atoms with Crippen LogP contribution < -0.4 is 0 Å². The lowest BCUT2D eigenvalue weighted by molar-refractivity contribution is -0.156. The van der Waals surface area contributed by atoms with Crippen molar-refractivity contribution in [2.24, 2.45) is 0 Å². The van der Waals surface area contributed by atoms with Crippen LogP contribution in [0.4, 0.5) is 0 Å². The van der Waals surface area contributed by atoms with Crippen molar-refractivity contribution in [3.05, 3.63) is 60.7 Å². The van der Waals surface area contributed by atoms with Gasteiger partial charge in [0, 0.05) is 6.92 Å². The highest BCUT2D eigenvalue weighted by atomic mass is 16.6. The average molecular weight is 270 g/mol. The molecule has 0 aliphatic carbocycles. The predicted octanol–water partition coefficient (Wildman–Crippen LogP) is 3.17. The molecule has 3 nitrogen and oxygen atoms in total. The van der Waals surface area contributed by atoms with Gasteiger partial charge in [-0.05, 0) is 35.4 Å². The molecule has 0 aliphatic heterocycles. The number of hydrogen-bond donors (Lipinski definition) is 1. The summed E-state index contributed by atoms with van der Waals surface area (Å²) >= 11 is 0. The Bertz CT molecular complexity index is 643. The van der Waals surface area contributed by atoms with Gasteiger partial charge >= 0.3 is 5.97 Å². The number of esters is 1. The fraction of sp³-hybridized carbons (Fsp3) is 0.235. The van der Waals surface area contributed by atoms with E-state index in [1.807, 2.05) is 42.5 Å². The minimum atomic E-state index is -1.32. The molecule has 0 bridgehead atoms. The highest BCUT2D eigenvalue weighted by molar-refractivity contribution is 5.83. The van der Waals surface area contributed by atoms with Crippen molar-refractivity contribution in [3.8, 4) is 0 Å². The maximum absolute atomic E-state index is 11.1. The average Bonchev–Trinajstić information content (AvgIpc) is 2.43. The number of carbonyl (C=O) groups is 1. The first kappa shape index (κ1) is 14.3. The number of aliphatic hydroxyl groups is 1. The Kier molecular flexibility index (Phi) is 3.91. The number of rotatable bonds is 4. The van der Waals surface area contributed by atoms with Crippen molar-refractivity contribution >= 4 is 16.7 Å². The summed E-state index contributed by atoms with van der Waals surface area (Å²) in [6.45, 7) is 6.56. The van der Waals surface area contributed by atoms with Crippen LogP contribution in [-0.2, 0) is 15.1 Å². The molecule has 0 aromatic heterocycles. The second kappa shape index (κ2) is 5.47. The van der Waals surface area contributed by atoms with Crippen molar-refractivity contribution in [1.82, 2.24) is 0 Å². The zero-order valence-corrected chi connectivity index (χ0v) is 11.7. The summed E-state index contributed by atoms with van der Waals surface area (Å²) in [5.74, 6) is -0.448. The molecule has 0 heterocycles. The van der Waals surface area contributed by atoms with Crippen molar-refractivity contribution < 1.29 is 14.6 Å². The molecule has 3 heteroatoms. The third kappa shape index (κ3) is 2.73. The molecule has 0 amide bonds. The molecule has 0 saturated heterocycles. The molecule has 2 atom stereocenters. The molecular weight excluding hydrogens is 252 g/mol. The summed E-state index contributed by atoms with van der Waals surface area (Å²) in [5.41, 5.74) is -0.639. The van der Waals surface area contributed by atoms with Crippen LogP contribution in [-0.4, -0.2) is 17.2 Å². The highest BCUT2D eigenvalue weighted by Crippen LogP contribution is 2.30. The molecule has 2 aromatic rings. The summed E-state index contributed by atoms with van der Waals surface area (Å²) in [5, 5.41) is 12.8. The van der Waals surface area contributed by atoms with Gasteiger partial charge in [-0.15, -0.1) is 0 Å². The van der Waals surface area contributed by atoms with Gasteiger partial charge in [-0.3, -0.25) is 4.79 Å². The SMILES string of the molecule is C=C[C@H](OC(C)=O)[C@](C)(O)c1ccc2ccccc2c1. The van der Waals surface area contributed by atoms with E-state index >= 15 is 0 Å². The van der Waals surface area contributed by atoms with Gasteiger partial charge in [-0.2, -0.15) is 0 Å². The predicted molar refractivity (Wildman–Crippen MR) is 79.3 cm³/mol. The Morgan fingerprint density at radius 3 is 2.55 bits per heavy atom. The highest BCUT2D eigenvalue weighted by Gasteiger charge is 2.34. The number of ether oxygens (including phenoxy) is 1. The first-order chi connectivity index (χ1) is 9.45. The second-order valence-corrected chi connectivity index (χ2v) is 4.98. The molecule has 104 valence electrons. The van der Waals surface area contributed by atoms with E-state index in [-0.39, 0.29) is 0 Å². The summed E-state index contributed by atoms with van der Waals surface area (Å²) < 4.78 is 5.12. The van der Waals surface area contributed by atoms with Gasteiger partial charge in [0.25, 0.3) is 0 Å². The molecule has 2 aromatic carbocycles. The van der Waals surface area contributed by atoms with Crippen LogP contribution in [0.1, 0.15) is 19.4 Å². The Morgan fingerprint density at radius 1 is 1.30 bits per heavy atom. The van der Waals surface area contributed by atoms with E-state index in [4.69, 9.17) is 4.74 Å². The van der Waals surface area contributed by atoms with Crippen molar-refractivity contribution in [2.75, 3.05) is 0 Å². The van der Waals surface area contributed by atoms with Crippen LogP contribution in [0.5, 0.6) is 0 Å². The summed E-state index contributed by atoms with van der Waals surface area (Å²) in [7, 11) is 0. The molecule has 0 fully saturated rings. The fourth-order valence-electron chi connectivity index (χ4n) is 2.24. The number of benzene rings is 2. The number of fused-ring (bicyclic) bond motifs is 1. The largest absolute Gasteiger partial charge is 0.455 e. The number of carbonyl (C=O) groups excluding carboxylic acids is 1. The molecule has 1 N–H and O–H groups in total. The van der Waals surface area contributed by atoms with Gasteiger partial charge in [-0.25, -0.2) is 0 Å². The van der Waals surface area contributed by atoms with E-state index < -0.39 is 17.7 Å². The fourth-order valence-corrected chi connectivity index (χ4v) is 2.24. The van der Waals surface area contributed by atoms with E-state index in [0.717, 1.165) is 10.8 Å². The van der Waals surface area contributed by atoms with Gasteiger partial charge in [0.15, 0.2) is 6.10 Å². The van der Waals surface area contributed by atoms with Crippen LogP contribution >= 0.6 is 0 Å². The minimum Gasteiger partial charge on any atom is -0.455 e. The molecular formula is C17H18O3. The van der Waals surface area contributed by atoms with Gasteiger partial charge < -0.3 is 9.84 Å². The van der Waals surface area contributed by atoms with Crippen LogP contribution in [0.25, 0.3) is 10.8 Å². The maximum atomic E-state index is 11.1. The van der Waals surface area contributed by atoms with Crippen LogP contribution in [0.3, 0.4) is 0 Å².